The quantitative estimate of drug-likeness (QED) is 0.533. The van der Waals surface area contributed by atoms with E-state index >= 15 is 0 Å². The SMILES string of the molecule is O=C1N=NC2=C1C(c1ccccc1)c1sc(N/N=C/c3ccccc3)nc1O2. The molecular weight excluding hydrogens is 374 g/mol. The summed E-state index contributed by atoms with van der Waals surface area (Å²) in [5.41, 5.74) is 5.32. The Kier molecular flexibility index (Phi) is 4.02. The van der Waals surface area contributed by atoms with Gasteiger partial charge in [-0.15, -0.1) is 10.2 Å². The number of ether oxygens (including phenoxy) is 1. The van der Waals surface area contributed by atoms with Gasteiger partial charge in [-0.25, -0.2) is 0 Å². The van der Waals surface area contributed by atoms with Crippen molar-refractivity contribution < 1.29 is 9.53 Å². The number of thiazole rings is 1. The highest BCUT2D eigenvalue weighted by atomic mass is 32.1. The fourth-order valence-corrected chi connectivity index (χ4v) is 4.10. The van der Waals surface area contributed by atoms with Crippen LogP contribution in [0.15, 0.2) is 87.4 Å². The molecule has 0 radical (unpaired) electrons. The highest BCUT2D eigenvalue weighted by Crippen LogP contribution is 2.49. The van der Waals surface area contributed by atoms with Crippen molar-refractivity contribution in [1.29, 1.82) is 0 Å². The molecule has 1 unspecified atom stereocenters. The van der Waals surface area contributed by atoms with Gasteiger partial charge in [0.2, 0.25) is 11.0 Å². The van der Waals surface area contributed by atoms with E-state index in [-0.39, 0.29) is 17.7 Å². The van der Waals surface area contributed by atoms with Crippen molar-refractivity contribution in [3.05, 3.63) is 88.1 Å². The molecule has 2 aliphatic rings. The summed E-state index contributed by atoms with van der Waals surface area (Å²) in [4.78, 5) is 17.6. The average Bonchev–Trinajstić information content (AvgIpc) is 3.31. The zero-order chi connectivity index (χ0) is 18.9. The van der Waals surface area contributed by atoms with Crippen molar-refractivity contribution in [3.8, 4) is 5.88 Å². The molecule has 1 N–H and O–H groups in total. The van der Waals surface area contributed by atoms with Crippen LogP contribution >= 0.6 is 11.3 Å². The van der Waals surface area contributed by atoms with Crippen LogP contribution in [0.4, 0.5) is 5.13 Å². The molecule has 7 nitrogen and oxygen atoms in total. The smallest absolute Gasteiger partial charge is 0.298 e. The summed E-state index contributed by atoms with van der Waals surface area (Å²) in [6, 6.07) is 19.5. The molecule has 28 heavy (non-hydrogen) atoms. The fraction of sp³-hybridized carbons (Fsp3) is 0.0500. The molecule has 3 heterocycles. The summed E-state index contributed by atoms with van der Waals surface area (Å²) in [6.45, 7) is 0. The van der Waals surface area contributed by atoms with Gasteiger partial charge in [-0.3, -0.25) is 10.2 Å². The van der Waals surface area contributed by atoms with Gasteiger partial charge >= 0.3 is 0 Å². The van der Waals surface area contributed by atoms with Gasteiger partial charge < -0.3 is 4.74 Å². The number of nitrogens with zero attached hydrogens (tertiary/aromatic N) is 4. The van der Waals surface area contributed by atoms with Crippen LogP contribution in [0.2, 0.25) is 0 Å². The van der Waals surface area contributed by atoms with Gasteiger partial charge in [0.05, 0.1) is 22.6 Å². The molecule has 0 bridgehead atoms. The van der Waals surface area contributed by atoms with Crippen molar-refractivity contribution >= 4 is 28.6 Å². The normalized spacial score (nSPS) is 17.6. The Morgan fingerprint density at radius 2 is 1.79 bits per heavy atom. The molecule has 5 rings (SSSR count). The molecule has 2 aromatic carbocycles. The molecule has 3 aromatic rings. The minimum absolute atomic E-state index is 0.219. The molecular formula is C20H13N5O2S. The van der Waals surface area contributed by atoms with E-state index in [4.69, 9.17) is 4.74 Å². The van der Waals surface area contributed by atoms with Crippen molar-refractivity contribution in [2.75, 3.05) is 5.43 Å². The zero-order valence-electron chi connectivity index (χ0n) is 14.4. The van der Waals surface area contributed by atoms with Gasteiger partial charge in [0.25, 0.3) is 11.8 Å². The lowest BCUT2D eigenvalue weighted by Gasteiger charge is -2.21. The van der Waals surface area contributed by atoms with Crippen LogP contribution in [-0.4, -0.2) is 17.1 Å². The van der Waals surface area contributed by atoms with Crippen molar-refractivity contribution in [3.63, 3.8) is 0 Å². The lowest BCUT2D eigenvalue weighted by Crippen LogP contribution is -2.16. The Balaban J connectivity index is 1.48. The Morgan fingerprint density at radius 3 is 2.57 bits per heavy atom. The van der Waals surface area contributed by atoms with Crippen LogP contribution < -0.4 is 10.2 Å². The molecule has 1 amide bonds. The first-order chi connectivity index (χ1) is 13.8. The lowest BCUT2D eigenvalue weighted by atomic mass is 9.88. The van der Waals surface area contributed by atoms with Gasteiger partial charge in [0.15, 0.2) is 0 Å². The number of rotatable bonds is 4. The number of hydrogen-bond donors (Lipinski definition) is 1. The van der Waals surface area contributed by atoms with Gasteiger partial charge in [0.1, 0.15) is 0 Å². The van der Waals surface area contributed by atoms with Crippen LogP contribution in [0.3, 0.4) is 0 Å². The minimum Gasteiger partial charge on any atom is -0.417 e. The van der Waals surface area contributed by atoms with Crippen molar-refractivity contribution in [2.45, 2.75) is 5.92 Å². The van der Waals surface area contributed by atoms with E-state index in [0.29, 0.717) is 16.6 Å². The number of fused-ring (bicyclic) bond motifs is 1. The molecule has 1 aromatic heterocycles. The first kappa shape index (κ1) is 16.5. The van der Waals surface area contributed by atoms with Crippen LogP contribution in [0, 0.1) is 0 Å². The molecule has 0 saturated heterocycles. The third kappa shape index (κ3) is 2.89. The monoisotopic (exact) mass is 387 g/mol. The number of hydrazone groups is 1. The maximum atomic E-state index is 12.3. The molecule has 0 aliphatic carbocycles. The molecule has 2 aliphatic heterocycles. The van der Waals surface area contributed by atoms with Crippen LogP contribution in [-0.2, 0) is 4.79 Å². The summed E-state index contributed by atoms with van der Waals surface area (Å²) in [5, 5.41) is 12.3. The molecule has 0 saturated carbocycles. The molecule has 0 spiro atoms. The predicted octanol–water partition coefficient (Wildman–Crippen LogP) is 4.32. The minimum atomic E-state index is -0.375. The highest BCUT2D eigenvalue weighted by molar-refractivity contribution is 7.16. The zero-order valence-corrected chi connectivity index (χ0v) is 15.3. The van der Waals surface area contributed by atoms with Crippen molar-refractivity contribution in [2.24, 2.45) is 15.3 Å². The summed E-state index contributed by atoms with van der Waals surface area (Å²) in [6.07, 6.45) is 1.71. The first-order valence-electron chi connectivity index (χ1n) is 8.57. The first-order valence-corrected chi connectivity index (χ1v) is 9.39. The molecule has 1 atom stereocenters. The maximum Gasteiger partial charge on any atom is 0.298 e. The number of carbonyl (C=O) groups is 1. The molecule has 0 fully saturated rings. The number of azo groups is 1. The second-order valence-electron chi connectivity index (χ2n) is 6.14. The second kappa shape index (κ2) is 6.82. The van der Waals surface area contributed by atoms with Crippen molar-refractivity contribution in [1.82, 2.24) is 4.98 Å². The second-order valence-corrected chi connectivity index (χ2v) is 7.17. The summed E-state index contributed by atoms with van der Waals surface area (Å²) in [5.74, 6) is -0.0484. The summed E-state index contributed by atoms with van der Waals surface area (Å²) < 4.78 is 5.73. The number of hydrogen-bond acceptors (Lipinski definition) is 7. The largest absolute Gasteiger partial charge is 0.417 e. The molecule has 8 heteroatoms. The summed E-state index contributed by atoms with van der Waals surface area (Å²) >= 11 is 1.39. The topological polar surface area (TPSA) is 88.3 Å². The number of anilines is 1. The Labute approximate surface area is 164 Å². The van der Waals surface area contributed by atoms with E-state index in [1.807, 2.05) is 60.7 Å². The highest BCUT2D eigenvalue weighted by Gasteiger charge is 2.40. The third-order valence-corrected chi connectivity index (χ3v) is 5.37. The van der Waals surface area contributed by atoms with E-state index in [9.17, 15) is 4.79 Å². The molecule has 136 valence electrons. The number of aromatic nitrogens is 1. The van der Waals surface area contributed by atoms with E-state index in [1.54, 1.807) is 6.21 Å². The lowest BCUT2D eigenvalue weighted by molar-refractivity contribution is -0.114. The van der Waals surface area contributed by atoms with Crippen LogP contribution in [0.1, 0.15) is 21.9 Å². The van der Waals surface area contributed by atoms with E-state index in [0.717, 1.165) is 16.0 Å². The van der Waals surface area contributed by atoms with E-state index < -0.39 is 0 Å². The summed E-state index contributed by atoms with van der Waals surface area (Å²) in [7, 11) is 0. The van der Waals surface area contributed by atoms with E-state index in [1.165, 1.54) is 11.3 Å². The van der Waals surface area contributed by atoms with Crippen LogP contribution in [0.25, 0.3) is 0 Å². The Bertz CT molecular complexity index is 1140. The van der Waals surface area contributed by atoms with Gasteiger partial charge in [0, 0.05) is 0 Å². The van der Waals surface area contributed by atoms with E-state index in [2.05, 4.69) is 25.7 Å². The number of amides is 1. The van der Waals surface area contributed by atoms with Gasteiger partial charge in [-0.2, -0.15) is 10.1 Å². The third-order valence-electron chi connectivity index (χ3n) is 4.36. The number of nitrogens with one attached hydrogen (secondary N) is 1. The Hall–Kier alpha value is -3.65. The maximum absolute atomic E-state index is 12.3. The average molecular weight is 387 g/mol. The number of carbonyl (C=O) groups excluding carboxylic acids is 1. The predicted molar refractivity (Wildman–Crippen MR) is 106 cm³/mol. The number of benzene rings is 2. The van der Waals surface area contributed by atoms with Crippen LogP contribution in [0.5, 0.6) is 5.88 Å². The standard InChI is InChI=1S/C20H13N5O2S/c26-17-15-14(13-9-5-2-6-10-13)16-19(27-18(15)24-23-17)22-20(28-16)25-21-11-12-7-3-1-4-8-12/h1-11,14H,(H,22,25)/b21-11+. The fourth-order valence-electron chi connectivity index (χ4n) is 3.12. The Morgan fingerprint density at radius 1 is 1.04 bits per heavy atom. The van der Waals surface area contributed by atoms with Gasteiger partial charge in [-0.05, 0) is 11.1 Å². The van der Waals surface area contributed by atoms with Gasteiger partial charge in [-0.1, -0.05) is 72.0 Å².